The van der Waals surface area contributed by atoms with Crippen molar-refractivity contribution in [1.29, 1.82) is 0 Å². The lowest BCUT2D eigenvalue weighted by Crippen LogP contribution is -2.26. The summed E-state index contributed by atoms with van der Waals surface area (Å²) in [6.45, 7) is -0.664. The molecule has 0 saturated carbocycles. The van der Waals surface area contributed by atoms with Crippen LogP contribution in [-0.4, -0.2) is 38.6 Å². The largest absolute Gasteiger partial charge is 0.366 e. The number of nitrogens with one attached hydrogen (secondary N) is 1. The monoisotopic (exact) mass is 171 g/mol. The highest BCUT2D eigenvalue weighted by Gasteiger charge is 2.08. The molecule has 3 N–H and O–H groups in total. The molecule has 6 nitrogen and oxygen atoms in total. The topological polar surface area (TPSA) is 95.9 Å². The second-order valence-electron chi connectivity index (χ2n) is 1.42. The van der Waals surface area contributed by atoms with E-state index in [4.69, 9.17) is 10.2 Å². The maximum atomic E-state index is 10.3. The molecule has 0 radical (unpaired) electrons. The van der Waals surface area contributed by atoms with Crippen molar-refractivity contribution in [2.75, 3.05) is 13.7 Å². The van der Waals surface area contributed by atoms with Crippen molar-refractivity contribution in [3.05, 3.63) is 0 Å². The minimum absolute atomic E-state index is 0.664. The molecule has 0 rings (SSSR count). The zero-order valence-electron chi connectivity index (χ0n) is 5.31. The second-order valence-corrected chi connectivity index (χ2v) is 2.98. The molecule has 0 unspecified atom stereocenters. The SMILES string of the molecule is CNS(=O)(=O)OCC(O)O. The first-order chi connectivity index (χ1) is 4.48. The molecular weight excluding hydrogens is 162 g/mol. The van der Waals surface area contributed by atoms with Crippen molar-refractivity contribution in [1.82, 2.24) is 4.72 Å². The molecule has 62 valence electrons. The summed E-state index contributed by atoms with van der Waals surface area (Å²) in [7, 11) is -2.63. The Morgan fingerprint density at radius 1 is 1.60 bits per heavy atom. The minimum atomic E-state index is -3.78. The highest BCUT2D eigenvalue weighted by atomic mass is 32.2. The molecular formula is C3H9NO5S. The average molecular weight is 171 g/mol. The molecule has 0 aromatic rings. The zero-order chi connectivity index (χ0) is 8.20. The molecule has 0 amide bonds. The van der Waals surface area contributed by atoms with Crippen molar-refractivity contribution in [3.8, 4) is 0 Å². The lowest BCUT2D eigenvalue weighted by molar-refractivity contribution is -0.0671. The van der Waals surface area contributed by atoms with Crippen LogP contribution in [0.2, 0.25) is 0 Å². The molecule has 0 bridgehead atoms. The van der Waals surface area contributed by atoms with Gasteiger partial charge >= 0.3 is 10.3 Å². The molecule has 0 aliphatic carbocycles. The highest BCUT2D eigenvalue weighted by Crippen LogP contribution is 1.86. The summed E-state index contributed by atoms with van der Waals surface area (Å²) in [5.41, 5.74) is 0. The van der Waals surface area contributed by atoms with Crippen LogP contribution in [0.3, 0.4) is 0 Å². The summed E-state index contributed by atoms with van der Waals surface area (Å²) in [5.74, 6) is 0. The van der Waals surface area contributed by atoms with E-state index in [9.17, 15) is 8.42 Å². The van der Waals surface area contributed by atoms with E-state index < -0.39 is 23.2 Å². The fraction of sp³-hybridized carbons (Fsp3) is 1.00. The molecule has 0 aliphatic rings. The van der Waals surface area contributed by atoms with Crippen LogP contribution in [0.5, 0.6) is 0 Å². The van der Waals surface area contributed by atoms with Crippen LogP contribution in [0.15, 0.2) is 0 Å². The van der Waals surface area contributed by atoms with Gasteiger partial charge in [0.15, 0.2) is 6.29 Å². The standard InChI is InChI=1S/C3H9NO5S/c1-4-10(7,8)9-2-3(5)6/h3-6H,2H2,1H3. The highest BCUT2D eigenvalue weighted by molar-refractivity contribution is 7.84. The van der Waals surface area contributed by atoms with E-state index in [1.807, 2.05) is 4.72 Å². The Bertz CT molecular complexity index is 173. The maximum Gasteiger partial charge on any atom is 0.335 e. The summed E-state index contributed by atoms with van der Waals surface area (Å²) in [5, 5.41) is 16.3. The number of aliphatic hydroxyl groups excluding tert-OH is 1. The molecule has 0 spiro atoms. The van der Waals surface area contributed by atoms with E-state index in [-0.39, 0.29) is 0 Å². The third-order valence-corrected chi connectivity index (χ3v) is 1.57. The molecule has 10 heavy (non-hydrogen) atoms. The number of hydrogen-bond acceptors (Lipinski definition) is 5. The first kappa shape index (κ1) is 9.79. The van der Waals surface area contributed by atoms with E-state index in [0.29, 0.717) is 0 Å². The Balaban J connectivity index is 3.70. The normalized spacial score (nSPS) is 12.4. The average Bonchev–Trinajstić information content (AvgIpc) is 1.85. The summed E-state index contributed by atoms with van der Waals surface area (Å²) in [6.07, 6.45) is -1.77. The first-order valence-corrected chi connectivity index (χ1v) is 3.83. The summed E-state index contributed by atoms with van der Waals surface area (Å²) < 4.78 is 26.5. The smallest absolute Gasteiger partial charge is 0.335 e. The van der Waals surface area contributed by atoms with Crippen LogP contribution in [0.1, 0.15) is 0 Å². The lowest BCUT2D eigenvalue weighted by atomic mass is 10.7. The van der Waals surface area contributed by atoms with Gasteiger partial charge in [0.25, 0.3) is 0 Å². The summed E-state index contributed by atoms with van der Waals surface area (Å²) in [6, 6.07) is 0. The third-order valence-electron chi connectivity index (χ3n) is 0.622. The Hall–Kier alpha value is -0.210. The van der Waals surface area contributed by atoms with E-state index in [2.05, 4.69) is 4.18 Å². The zero-order valence-corrected chi connectivity index (χ0v) is 6.13. The van der Waals surface area contributed by atoms with E-state index in [1.54, 1.807) is 0 Å². The van der Waals surface area contributed by atoms with Gasteiger partial charge in [0.1, 0.15) is 6.61 Å². The lowest BCUT2D eigenvalue weighted by Gasteiger charge is -2.03. The second kappa shape index (κ2) is 3.84. The maximum absolute atomic E-state index is 10.3. The third kappa shape index (κ3) is 4.65. The van der Waals surface area contributed by atoms with E-state index in [1.165, 1.54) is 0 Å². The molecule has 7 heteroatoms. The van der Waals surface area contributed by atoms with Crippen molar-refractivity contribution >= 4 is 10.3 Å². The summed E-state index contributed by atoms with van der Waals surface area (Å²) in [4.78, 5) is 0. The van der Waals surface area contributed by atoms with Crippen LogP contribution in [0.25, 0.3) is 0 Å². The van der Waals surface area contributed by atoms with Crippen LogP contribution in [0.4, 0.5) is 0 Å². The van der Waals surface area contributed by atoms with Gasteiger partial charge in [-0.1, -0.05) is 0 Å². The first-order valence-electron chi connectivity index (χ1n) is 2.42. The number of rotatable bonds is 4. The van der Waals surface area contributed by atoms with Crippen LogP contribution < -0.4 is 4.72 Å². The predicted octanol–water partition coefficient (Wildman–Crippen LogP) is -2.22. The molecule has 0 fully saturated rings. The molecule has 0 aromatic carbocycles. The van der Waals surface area contributed by atoms with E-state index in [0.717, 1.165) is 7.05 Å². The molecule has 0 saturated heterocycles. The van der Waals surface area contributed by atoms with Crippen LogP contribution in [0, 0.1) is 0 Å². The van der Waals surface area contributed by atoms with Gasteiger partial charge in [-0.2, -0.15) is 13.1 Å². The van der Waals surface area contributed by atoms with Crippen molar-refractivity contribution < 1.29 is 22.8 Å². The Labute approximate surface area is 58.7 Å². The van der Waals surface area contributed by atoms with Crippen molar-refractivity contribution in [2.45, 2.75) is 6.29 Å². The van der Waals surface area contributed by atoms with Crippen molar-refractivity contribution in [3.63, 3.8) is 0 Å². The fourth-order valence-corrected chi connectivity index (χ4v) is 0.628. The number of aliphatic hydroxyl groups is 2. The van der Waals surface area contributed by atoms with Crippen molar-refractivity contribution in [2.24, 2.45) is 0 Å². The molecule has 0 heterocycles. The van der Waals surface area contributed by atoms with Gasteiger partial charge in [-0.25, -0.2) is 0 Å². The Morgan fingerprint density at radius 3 is 2.40 bits per heavy atom. The van der Waals surface area contributed by atoms with Gasteiger partial charge in [0.05, 0.1) is 0 Å². The Kier molecular flexibility index (Phi) is 3.76. The van der Waals surface area contributed by atoms with Gasteiger partial charge in [-0.15, -0.1) is 0 Å². The minimum Gasteiger partial charge on any atom is -0.366 e. The van der Waals surface area contributed by atoms with Gasteiger partial charge in [0.2, 0.25) is 0 Å². The van der Waals surface area contributed by atoms with Gasteiger partial charge < -0.3 is 10.2 Å². The number of hydrogen-bond donors (Lipinski definition) is 3. The Morgan fingerprint density at radius 2 is 2.10 bits per heavy atom. The predicted molar refractivity (Wildman–Crippen MR) is 32.2 cm³/mol. The van der Waals surface area contributed by atoms with E-state index >= 15 is 0 Å². The van der Waals surface area contributed by atoms with Crippen LogP contribution >= 0.6 is 0 Å². The quantitative estimate of drug-likeness (QED) is 0.416. The molecule has 0 atom stereocenters. The molecule has 0 aliphatic heterocycles. The molecule has 0 aromatic heterocycles. The van der Waals surface area contributed by atoms with Gasteiger partial charge in [-0.05, 0) is 0 Å². The van der Waals surface area contributed by atoms with Crippen LogP contribution in [-0.2, 0) is 14.5 Å². The summed E-state index contributed by atoms with van der Waals surface area (Å²) >= 11 is 0. The van der Waals surface area contributed by atoms with Gasteiger partial charge in [0, 0.05) is 7.05 Å². The fourth-order valence-electron chi connectivity index (χ4n) is 0.209. The van der Waals surface area contributed by atoms with Gasteiger partial charge in [-0.3, -0.25) is 4.18 Å².